The Labute approximate surface area is 140 Å². The SMILES string of the molecule is CCOC(=O)C1CCN(C(=O)C(=O)NCc2ccccc2F)CC1. The number of amides is 2. The van der Waals surface area contributed by atoms with Gasteiger partial charge in [-0.15, -0.1) is 0 Å². The van der Waals surface area contributed by atoms with Gasteiger partial charge in [0, 0.05) is 25.2 Å². The van der Waals surface area contributed by atoms with Crippen LogP contribution in [0.1, 0.15) is 25.3 Å². The van der Waals surface area contributed by atoms with E-state index < -0.39 is 17.6 Å². The predicted octanol–water partition coefficient (Wildman–Crippen LogP) is 1.24. The summed E-state index contributed by atoms with van der Waals surface area (Å²) >= 11 is 0. The highest BCUT2D eigenvalue weighted by Gasteiger charge is 2.30. The third-order valence-corrected chi connectivity index (χ3v) is 3.99. The Bertz CT molecular complexity index is 612. The summed E-state index contributed by atoms with van der Waals surface area (Å²) in [7, 11) is 0. The van der Waals surface area contributed by atoms with Gasteiger partial charge in [0.1, 0.15) is 5.82 Å². The van der Waals surface area contributed by atoms with Crippen LogP contribution in [0.4, 0.5) is 4.39 Å². The minimum absolute atomic E-state index is 0.0451. The van der Waals surface area contributed by atoms with Gasteiger partial charge in [-0.25, -0.2) is 4.39 Å². The minimum atomic E-state index is -0.771. The maximum absolute atomic E-state index is 13.5. The summed E-state index contributed by atoms with van der Waals surface area (Å²) in [6.45, 7) is 2.69. The van der Waals surface area contributed by atoms with Gasteiger partial charge in [-0.3, -0.25) is 14.4 Å². The molecule has 7 heteroatoms. The number of esters is 1. The number of benzene rings is 1. The predicted molar refractivity (Wildman–Crippen MR) is 84.2 cm³/mol. The van der Waals surface area contributed by atoms with Crippen molar-refractivity contribution >= 4 is 17.8 Å². The van der Waals surface area contributed by atoms with E-state index in [4.69, 9.17) is 4.74 Å². The summed E-state index contributed by atoms with van der Waals surface area (Å²) in [6.07, 6.45) is 0.955. The van der Waals surface area contributed by atoms with Crippen molar-refractivity contribution in [1.82, 2.24) is 10.2 Å². The molecule has 0 bridgehead atoms. The van der Waals surface area contributed by atoms with Crippen LogP contribution in [0.2, 0.25) is 0 Å². The maximum Gasteiger partial charge on any atom is 0.311 e. The third kappa shape index (κ3) is 4.53. The topological polar surface area (TPSA) is 75.7 Å². The second-order valence-electron chi connectivity index (χ2n) is 5.59. The number of likely N-dealkylation sites (tertiary alicyclic amines) is 1. The number of nitrogens with one attached hydrogen (secondary N) is 1. The van der Waals surface area contributed by atoms with E-state index in [-0.39, 0.29) is 18.4 Å². The van der Waals surface area contributed by atoms with Gasteiger partial charge in [0.2, 0.25) is 0 Å². The van der Waals surface area contributed by atoms with Crippen LogP contribution in [0.25, 0.3) is 0 Å². The number of hydrogen-bond acceptors (Lipinski definition) is 4. The van der Waals surface area contributed by atoms with Crippen molar-refractivity contribution in [3.05, 3.63) is 35.6 Å². The van der Waals surface area contributed by atoms with Crippen molar-refractivity contribution in [3.63, 3.8) is 0 Å². The van der Waals surface area contributed by atoms with Crippen molar-refractivity contribution in [2.45, 2.75) is 26.3 Å². The zero-order valence-corrected chi connectivity index (χ0v) is 13.6. The number of carbonyl (C=O) groups is 3. The third-order valence-electron chi connectivity index (χ3n) is 3.99. The Morgan fingerprint density at radius 3 is 2.54 bits per heavy atom. The number of ether oxygens (including phenoxy) is 1. The minimum Gasteiger partial charge on any atom is -0.466 e. The van der Waals surface area contributed by atoms with Crippen LogP contribution in [-0.2, 0) is 25.7 Å². The van der Waals surface area contributed by atoms with Crippen LogP contribution in [0.3, 0.4) is 0 Å². The Morgan fingerprint density at radius 2 is 1.92 bits per heavy atom. The van der Waals surface area contributed by atoms with Crippen LogP contribution in [0.5, 0.6) is 0 Å². The summed E-state index contributed by atoms with van der Waals surface area (Å²) in [5, 5.41) is 2.43. The highest BCUT2D eigenvalue weighted by molar-refractivity contribution is 6.35. The van der Waals surface area contributed by atoms with Crippen LogP contribution in [-0.4, -0.2) is 42.4 Å². The summed E-state index contributed by atoms with van der Waals surface area (Å²) < 4.78 is 18.5. The van der Waals surface area contributed by atoms with E-state index in [2.05, 4.69) is 5.32 Å². The molecule has 0 saturated carbocycles. The zero-order chi connectivity index (χ0) is 17.5. The molecule has 1 N–H and O–H groups in total. The molecule has 0 aliphatic carbocycles. The van der Waals surface area contributed by atoms with Gasteiger partial charge in [-0.1, -0.05) is 18.2 Å². The summed E-state index contributed by atoms with van der Waals surface area (Å²) in [5.41, 5.74) is 0.319. The molecule has 1 aromatic rings. The summed E-state index contributed by atoms with van der Waals surface area (Å²) in [6, 6.07) is 6.06. The normalized spacial score (nSPS) is 15.0. The van der Waals surface area contributed by atoms with Crippen LogP contribution in [0.15, 0.2) is 24.3 Å². The number of rotatable bonds is 4. The molecule has 130 valence electrons. The summed E-state index contributed by atoms with van der Waals surface area (Å²) in [4.78, 5) is 37.1. The first-order chi connectivity index (χ1) is 11.5. The lowest BCUT2D eigenvalue weighted by Crippen LogP contribution is -2.47. The second kappa shape index (κ2) is 8.42. The van der Waals surface area contributed by atoms with Gasteiger partial charge in [-0.2, -0.15) is 0 Å². The molecule has 0 unspecified atom stereocenters. The molecule has 1 saturated heterocycles. The van der Waals surface area contributed by atoms with E-state index in [1.807, 2.05) is 0 Å². The van der Waals surface area contributed by atoms with Crippen LogP contribution in [0, 0.1) is 11.7 Å². The van der Waals surface area contributed by atoms with Gasteiger partial charge in [0.05, 0.1) is 12.5 Å². The lowest BCUT2D eigenvalue weighted by molar-refractivity contribution is -0.152. The number of hydrogen-bond donors (Lipinski definition) is 1. The van der Waals surface area contributed by atoms with Crippen molar-refractivity contribution in [1.29, 1.82) is 0 Å². The van der Waals surface area contributed by atoms with Gasteiger partial charge in [0.25, 0.3) is 0 Å². The van der Waals surface area contributed by atoms with E-state index in [1.165, 1.54) is 11.0 Å². The van der Waals surface area contributed by atoms with Crippen molar-refractivity contribution in [2.24, 2.45) is 5.92 Å². The van der Waals surface area contributed by atoms with Crippen LogP contribution >= 0.6 is 0 Å². The first-order valence-electron chi connectivity index (χ1n) is 8.00. The molecule has 2 amide bonds. The molecule has 0 radical (unpaired) electrons. The van der Waals surface area contributed by atoms with Gasteiger partial charge in [-0.05, 0) is 25.8 Å². The highest BCUT2D eigenvalue weighted by Crippen LogP contribution is 2.18. The van der Waals surface area contributed by atoms with Gasteiger partial charge in [0.15, 0.2) is 0 Å². The second-order valence-corrected chi connectivity index (χ2v) is 5.59. The van der Waals surface area contributed by atoms with E-state index in [0.717, 1.165) is 0 Å². The average Bonchev–Trinajstić information content (AvgIpc) is 2.60. The Morgan fingerprint density at radius 1 is 1.25 bits per heavy atom. The highest BCUT2D eigenvalue weighted by atomic mass is 19.1. The largest absolute Gasteiger partial charge is 0.466 e. The maximum atomic E-state index is 13.5. The fraction of sp³-hybridized carbons (Fsp3) is 0.471. The molecular weight excluding hydrogens is 315 g/mol. The fourth-order valence-corrected chi connectivity index (χ4v) is 2.61. The Kier molecular flexibility index (Phi) is 6.28. The number of carbonyl (C=O) groups excluding carboxylic acids is 3. The number of piperidine rings is 1. The van der Waals surface area contributed by atoms with Crippen molar-refractivity contribution in [2.75, 3.05) is 19.7 Å². The molecule has 0 spiro atoms. The molecule has 1 aliphatic heterocycles. The molecule has 1 fully saturated rings. The average molecular weight is 336 g/mol. The standard InChI is InChI=1S/C17H21FN2O4/c1-2-24-17(23)12-7-9-20(10-8-12)16(22)15(21)19-11-13-5-3-4-6-14(13)18/h3-6,12H,2,7-11H2,1H3,(H,19,21). The summed E-state index contributed by atoms with van der Waals surface area (Å²) in [5.74, 6) is -2.34. The molecule has 6 nitrogen and oxygen atoms in total. The van der Waals surface area contributed by atoms with Gasteiger partial charge >= 0.3 is 17.8 Å². The lowest BCUT2D eigenvalue weighted by Gasteiger charge is -2.30. The fourth-order valence-electron chi connectivity index (χ4n) is 2.61. The Hall–Kier alpha value is -2.44. The van der Waals surface area contributed by atoms with E-state index in [9.17, 15) is 18.8 Å². The van der Waals surface area contributed by atoms with Gasteiger partial charge < -0.3 is 15.0 Å². The molecule has 0 aromatic heterocycles. The molecule has 1 heterocycles. The first-order valence-corrected chi connectivity index (χ1v) is 8.00. The monoisotopic (exact) mass is 336 g/mol. The van der Waals surface area contributed by atoms with Crippen molar-refractivity contribution in [3.8, 4) is 0 Å². The van der Waals surface area contributed by atoms with Crippen LogP contribution < -0.4 is 5.32 Å². The van der Waals surface area contributed by atoms with Crippen molar-refractivity contribution < 1.29 is 23.5 Å². The molecule has 1 aromatic carbocycles. The quantitative estimate of drug-likeness (QED) is 0.663. The van der Waals surface area contributed by atoms with E-state index >= 15 is 0 Å². The molecular formula is C17H21FN2O4. The molecule has 0 atom stereocenters. The zero-order valence-electron chi connectivity index (χ0n) is 13.6. The van der Waals surface area contributed by atoms with E-state index in [1.54, 1.807) is 25.1 Å². The number of halogens is 1. The lowest BCUT2D eigenvalue weighted by atomic mass is 9.97. The Balaban J connectivity index is 1.81. The smallest absolute Gasteiger partial charge is 0.311 e. The molecule has 2 rings (SSSR count). The molecule has 1 aliphatic rings. The van der Waals surface area contributed by atoms with E-state index in [0.29, 0.717) is 38.1 Å². The number of nitrogens with zero attached hydrogens (tertiary/aromatic N) is 1. The first kappa shape index (κ1) is 17.9. The molecule has 24 heavy (non-hydrogen) atoms.